The number of carbonyl (C=O) groups is 1. The largest absolute Gasteiger partial charge is 0.374 e. The first-order valence-electron chi connectivity index (χ1n) is 6.32. The first kappa shape index (κ1) is 15.0. The summed E-state index contributed by atoms with van der Waals surface area (Å²) in [7, 11) is 0. The summed E-state index contributed by atoms with van der Waals surface area (Å²) in [6, 6.07) is 4.08. The maximum Gasteiger partial charge on any atom is 0.301 e. The number of amides is 1. The van der Waals surface area contributed by atoms with Gasteiger partial charge < -0.3 is 5.73 Å². The van der Waals surface area contributed by atoms with Crippen LogP contribution in [0.15, 0.2) is 29.5 Å². The molecular weight excluding hydrogens is 286 g/mol. The Bertz CT molecular complexity index is 657. The Morgan fingerprint density at radius 2 is 1.95 bits per heavy atom. The third-order valence-electron chi connectivity index (χ3n) is 3.12. The fourth-order valence-corrected chi connectivity index (χ4v) is 2.34. The molecular formula is C14H17N5OS. The molecule has 0 spiro atoms. The number of aryl methyl sites for hydroxylation is 3. The molecule has 0 bridgehead atoms. The van der Waals surface area contributed by atoms with Gasteiger partial charge in [0.15, 0.2) is 10.8 Å². The van der Waals surface area contributed by atoms with E-state index in [9.17, 15) is 4.79 Å². The van der Waals surface area contributed by atoms with E-state index in [-0.39, 0.29) is 10.8 Å². The average molecular weight is 303 g/mol. The van der Waals surface area contributed by atoms with Crippen LogP contribution in [0.25, 0.3) is 0 Å². The Hall–Kier alpha value is -2.41. The number of anilines is 1. The number of rotatable bonds is 2. The Morgan fingerprint density at radius 1 is 1.38 bits per heavy atom. The van der Waals surface area contributed by atoms with Crippen LogP contribution in [-0.2, 0) is 4.79 Å². The van der Waals surface area contributed by atoms with Crippen molar-refractivity contribution in [3.8, 4) is 0 Å². The molecule has 6 nitrogen and oxygen atoms in total. The monoisotopic (exact) mass is 303 g/mol. The summed E-state index contributed by atoms with van der Waals surface area (Å²) < 4.78 is 0. The molecule has 2 rings (SSSR count). The Kier molecular flexibility index (Phi) is 3.95. The van der Waals surface area contributed by atoms with Crippen molar-refractivity contribution in [3.63, 3.8) is 0 Å². The Morgan fingerprint density at radius 3 is 2.43 bits per heavy atom. The molecule has 1 aromatic rings. The van der Waals surface area contributed by atoms with Gasteiger partial charge in [0, 0.05) is 0 Å². The summed E-state index contributed by atoms with van der Waals surface area (Å²) in [6.45, 7) is 9.72. The lowest BCUT2D eigenvalue weighted by atomic mass is 10.1. The van der Waals surface area contributed by atoms with Gasteiger partial charge >= 0.3 is 5.91 Å². The van der Waals surface area contributed by atoms with Crippen molar-refractivity contribution in [1.82, 2.24) is 10.4 Å². The second kappa shape index (κ2) is 5.53. The lowest BCUT2D eigenvalue weighted by Crippen LogP contribution is -2.43. The summed E-state index contributed by atoms with van der Waals surface area (Å²) in [5.41, 5.74) is 15.7. The zero-order valence-corrected chi connectivity index (χ0v) is 13.0. The lowest BCUT2D eigenvalue weighted by molar-refractivity contribution is -0.120. The highest BCUT2D eigenvalue weighted by atomic mass is 32.1. The molecule has 7 heteroatoms. The molecule has 1 aliphatic rings. The van der Waals surface area contributed by atoms with E-state index in [2.05, 4.69) is 22.5 Å². The van der Waals surface area contributed by atoms with Crippen LogP contribution in [0, 0.1) is 20.8 Å². The third kappa shape index (κ3) is 2.87. The zero-order valence-electron chi connectivity index (χ0n) is 12.2. The molecule has 4 N–H and O–H groups in total. The summed E-state index contributed by atoms with van der Waals surface area (Å²) in [5, 5.41) is 5.10. The van der Waals surface area contributed by atoms with E-state index in [1.165, 1.54) is 5.56 Å². The Labute approximate surface area is 128 Å². The van der Waals surface area contributed by atoms with Crippen LogP contribution >= 0.6 is 12.2 Å². The summed E-state index contributed by atoms with van der Waals surface area (Å²) in [6.07, 6.45) is 0. The fourth-order valence-electron chi connectivity index (χ4n) is 2.21. The van der Waals surface area contributed by atoms with E-state index in [1.807, 2.05) is 32.9 Å². The van der Waals surface area contributed by atoms with Gasteiger partial charge in [0.25, 0.3) is 0 Å². The maximum atomic E-state index is 12.1. The molecule has 1 heterocycles. The number of benzene rings is 1. The van der Waals surface area contributed by atoms with Crippen molar-refractivity contribution in [1.29, 1.82) is 0 Å². The number of nitrogens with zero attached hydrogens (tertiary/aromatic N) is 2. The molecule has 21 heavy (non-hydrogen) atoms. The van der Waals surface area contributed by atoms with Crippen LogP contribution in [0.1, 0.15) is 16.7 Å². The van der Waals surface area contributed by atoms with E-state index < -0.39 is 5.91 Å². The van der Waals surface area contributed by atoms with E-state index >= 15 is 0 Å². The van der Waals surface area contributed by atoms with Gasteiger partial charge in [0.2, 0.25) is 0 Å². The van der Waals surface area contributed by atoms with Gasteiger partial charge in [0.05, 0.1) is 11.4 Å². The van der Waals surface area contributed by atoms with Gasteiger partial charge in [-0.15, -0.1) is 0 Å². The highest BCUT2D eigenvalue weighted by Gasteiger charge is 2.32. The van der Waals surface area contributed by atoms with Crippen LogP contribution in [0.4, 0.5) is 5.69 Å². The number of hydrazine groups is 1. The second-order valence-corrected chi connectivity index (χ2v) is 5.33. The standard InChI is InChI=1S/C14H17N5OS/c1-7-5-8(2)11(9(3)6-7)16-17-12-10(4)18-19(13(12)20)14(15)21/h5-6,16,18H,4H2,1-3H3,(H2,15,21). The molecule has 0 unspecified atom stereocenters. The maximum absolute atomic E-state index is 12.1. The highest BCUT2D eigenvalue weighted by molar-refractivity contribution is 7.80. The summed E-state index contributed by atoms with van der Waals surface area (Å²) in [4.78, 5) is 12.1. The van der Waals surface area contributed by atoms with E-state index in [0.29, 0.717) is 5.70 Å². The smallest absolute Gasteiger partial charge is 0.301 e. The van der Waals surface area contributed by atoms with Crippen molar-refractivity contribution < 1.29 is 4.79 Å². The molecule has 0 aromatic heterocycles. The number of nitrogens with two attached hydrogens (primary N) is 1. The molecule has 1 saturated heterocycles. The number of carbonyl (C=O) groups excluding carboxylic acids is 1. The van der Waals surface area contributed by atoms with Crippen LogP contribution < -0.4 is 16.6 Å². The van der Waals surface area contributed by atoms with Crippen molar-refractivity contribution in [2.24, 2.45) is 10.8 Å². The molecule has 0 aliphatic carbocycles. The molecule has 1 aromatic carbocycles. The predicted molar refractivity (Wildman–Crippen MR) is 87.6 cm³/mol. The SMILES string of the molecule is C=C1NN(C(N)=S)C(=O)C1=NNc1c(C)cc(C)cc1C. The van der Waals surface area contributed by atoms with Crippen LogP contribution in [-0.4, -0.2) is 21.7 Å². The summed E-state index contributed by atoms with van der Waals surface area (Å²) in [5.74, 6) is -0.428. The van der Waals surface area contributed by atoms with Gasteiger partial charge in [-0.2, -0.15) is 10.1 Å². The molecule has 1 aliphatic heterocycles. The zero-order chi connectivity index (χ0) is 15.7. The summed E-state index contributed by atoms with van der Waals surface area (Å²) >= 11 is 4.78. The quantitative estimate of drug-likeness (QED) is 0.569. The number of hydrazone groups is 1. The average Bonchev–Trinajstić information content (AvgIpc) is 2.64. The van der Waals surface area contributed by atoms with Crippen LogP contribution in [0.2, 0.25) is 0 Å². The fraction of sp³-hybridized carbons (Fsp3) is 0.214. The first-order chi connectivity index (χ1) is 9.81. The van der Waals surface area contributed by atoms with Crippen molar-refractivity contribution >= 4 is 34.6 Å². The van der Waals surface area contributed by atoms with Crippen LogP contribution in [0.5, 0.6) is 0 Å². The van der Waals surface area contributed by atoms with Gasteiger partial charge in [-0.3, -0.25) is 15.6 Å². The molecule has 110 valence electrons. The molecule has 1 amide bonds. The molecule has 0 saturated carbocycles. The van der Waals surface area contributed by atoms with Crippen LogP contribution in [0.3, 0.4) is 0 Å². The molecule has 0 radical (unpaired) electrons. The van der Waals surface area contributed by atoms with Gasteiger partial charge in [0.1, 0.15) is 0 Å². The van der Waals surface area contributed by atoms with Gasteiger partial charge in [-0.05, 0) is 44.1 Å². The second-order valence-electron chi connectivity index (χ2n) is 4.92. The highest BCUT2D eigenvalue weighted by Crippen LogP contribution is 2.22. The number of thiocarbonyl (C=S) groups is 1. The molecule has 1 fully saturated rings. The Balaban J connectivity index is 2.28. The van der Waals surface area contributed by atoms with Crippen molar-refractivity contribution in [2.75, 3.05) is 5.43 Å². The number of nitrogens with one attached hydrogen (secondary N) is 2. The van der Waals surface area contributed by atoms with Crippen molar-refractivity contribution in [3.05, 3.63) is 41.1 Å². The predicted octanol–water partition coefficient (Wildman–Crippen LogP) is 1.48. The minimum Gasteiger partial charge on any atom is -0.374 e. The van der Waals surface area contributed by atoms with Gasteiger partial charge in [-0.1, -0.05) is 24.3 Å². The topological polar surface area (TPSA) is 82.8 Å². The normalized spacial score (nSPS) is 16.3. The minimum absolute atomic E-state index is 0.0750. The lowest BCUT2D eigenvalue weighted by Gasteiger charge is -2.11. The van der Waals surface area contributed by atoms with Crippen molar-refractivity contribution in [2.45, 2.75) is 20.8 Å². The number of hydrogen-bond acceptors (Lipinski definition) is 5. The van der Waals surface area contributed by atoms with E-state index in [4.69, 9.17) is 18.0 Å². The van der Waals surface area contributed by atoms with E-state index in [1.54, 1.807) is 0 Å². The third-order valence-corrected chi connectivity index (χ3v) is 3.30. The molecule has 0 atom stereocenters. The minimum atomic E-state index is -0.428. The first-order valence-corrected chi connectivity index (χ1v) is 6.73. The van der Waals surface area contributed by atoms with Gasteiger partial charge in [-0.25, -0.2) is 0 Å². The van der Waals surface area contributed by atoms with E-state index in [0.717, 1.165) is 21.8 Å². The number of hydrogen-bond donors (Lipinski definition) is 3.